The van der Waals surface area contributed by atoms with Crippen LogP contribution in [0.2, 0.25) is 0 Å². The summed E-state index contributed by atoms with van der Waals surface area (Å²) in [4.78, 5) is 19.8. The van der Waals surface area contributed by atoms with Crippen LogP contribution in [0.3, 0.4) is 0 Å². The van der Waals surface area contributed by atoms with Crippen LogP contribution < -0.4 is 9.64 Å². The predicted octanol–water partition coefficient (Wildman–Crippen LogP) is 5.00. The maximum Gasteiger partial charge on any atom is 0.227 e. The average molecular weight is 412 g/mol. The van der Waals surface area contributed by atoms with Crippen LogP contribution in [0.15, 0.2) is 78.9 Å². The van der Waals surface area contributed by atoms with E-state index in [1.807, 2.05) is 60.4 Å². The van der Waals surface area contributed by atoms with Crippen LogP contribution in [0, 0.1) is 0 Å². The molecule has 0 radical (unpaired) electrons. The Morgan fingerprint density at radius 2 is 1.71 bits per heavy atom. The number of fused-ring (bicyclic) bond motifs is 1. The lowest BCUT2D eigenvalue weighted by molar-refractivity contribution is -0.117. The zero-order chi connectivity index (χ0) is 21.2. The van der Waals surface area contributed by atoms with Gasteiger partial charge in [0.1, 0.15) is 11.6 Å². The number of nitrogens with zero attached hydrogens (tertiary/aromatic N) is 3. The number of carbonyl (C=O) groups is 1. The van der Waals surface area contributed by atoms with E-state index in [1.54, 1.807) is 0 Å². The molecule has 0 bridgehead atoms. The van der Waals surface area contributed by atoms with Crippen molar-refractivity contribution in [3.05, 3.63) is 90.3 Å². The van der Waals surface area contributed by atoms with Crippen molar-refractivity contribution in [3.8, 4) is 5.75 Å². The number of imidazole rings is 1. The molecule has 1 atom stereocenters. The first kappa shape index (κ1) is 19.4. The van der Waals surface area contributed by atoms with Crippen LogP contribution in [0.1, 0.15) is 30.7 Å². The molecule has 1 fully saturated rings. The summed E-state index contributed by atoms with van der Waals surface area (Å²) >= 11 is 0. The Morgan fingerprint density at radius 1 is 0.968 bits per heavy atom. The fourth-order valence-corrected chi connectivity index (χ4v) is 4.41. The van der Waals surface area contributed by atoms with Gasteiger partial charge in [-0.25, -0.2) is 4.98 Å². The van der Waals surface area contributed by atoms with Crippen molar-refractivity contribution in [3.63, 3.8) is 0 Å². The highest BCUT2D eigenvalue weighted by Crippen LogP contribution is 2.37. The molecule has 1 amide bonds. The van der Waals surface area contributed by atoms with Gasteiger partial charge in [-0.05, 0) is 36.8 Å². The lowest BCUT2D eigenvalue weighted by atomic mass is 10.1. The smallest absolute Gasteiger partial charge is 0.227 e. The number of carbonyl (C=O) groups excluding carboxylic acids is 1. The minimum absolute atomic E-state index is 0.0262. The molecule has 0 unspecified atom stereocenters. The third-order valence-electron chi connectivity index (χ3n) is 5.81. The van der Waals surface area contributed by atoms with Gasteiger partial charge in [-0.15, -0.1) is 0 Å². The van der Waals surface area contributed by atoms with Crippen LogP contribution in [-0.4, -0.2) is 28.6 Å². The maximum atomic E-state index is 13.0. The van der Waals surface area contributed by atoms with E-state index in [0.717, 1.165) is 34.8 Å². The summed E-state index contributed by atoms with van der Waals surface area (Å²) in [5, 5.41) is 0. The van der Waals surface area contributed by atoms with Crippen LogP contribution >= 0.6 is 0 Å². The number of ether oxygens (including phenoxy) is 1. The van der Waals surface area contributed by atoms with Crippen LogP contribution in [0.5, 0.6) is 5.75 Å². The Bertz CT molecular complexity index is 1220. The van der Waals surface area contributed by atoms with Crippen molar-refractivity contribution in [2.24, 2.45) is 0 Å². The Labute approximate surface area is 181 Å². The zero-order valence-electron chi connectivity index (χ0n) is 17.6. The molecule has 3 aromatic carbocycles. The molecule has 0 N–H and O–H groups in total. The van der Waals surface area contributed by atoms with E-state index in [-0.39, 0.29) is 11.8 Å². The highest BCUT2D eigenvalue weighted by molar-refractivity contribution is 5.97. The van der Waals surface area contributed by atoms with Crippen molar-refractivity contribution in [2.75, 3.05) is 18.1 Å². The Balaban J connectivity index is 1.52. The molecule has 5 rings (SSSR count). The van der Waals surface area contributed by atoms with Crippen molar-refractivity contribution in [1.29, 1.82) is 0 Å². The molecule has 2 heterocycles. The lowest BCUT2D eigenvalue weighted by Crippen LogP contribution is -2.25. The highest BCUT2D eigenvalue weighted by Gasteiger charge is 2.36. The van der Waals surface area contributed by atoms with E-state index < -0.39 is 0 Å². The van der Waals surface area contributed by atoms with E-state index in [2.05, 4.69) is 34.9 Å². The van der Waals surface area contributed by atoms with Gasteiger partial charge in [-0.1, -0.05) is 54.6 Å². The molecule has 156 valence electrons. The van der Waals surface area contributed by atoms with E-state index in [1.165, 1.54) is 5.56 Å². The van der Waals surface area contributed by atoms with Crippen molar-refractivity contribution in [1.82, 2.24) is 9.55 Å². The fraction of sp³-hybridized carbons (Fsp3) is 0.231. The summed E-state index contributed by atoms with van der Waals surface area (Å²) in [5.41, 5.74) is 4.12. The Morgan fingerprint density at radius 3 is 2.55 bits per heavy atom. The second kappa shape index (κ2) is 8.26. The van der Waals surface area contributed by atoms with Gasteiger partial charge in [0.25, 0.3) is 0 Å². The van der Waals surface area contributed by atoms with Gasteiger partial charge in [-0.2, -0.15) is 0 Å². The minimum atomic E-state index is 0.0262. The molecule has 1 aliphatic heterocycles. The number of hydrogen-bond donors (Lipinski definition) is 0. The number of hydrogen-bond acceptors (Lipinski definition) is 3. The van der Waals surface area contributed by atoms with Crippen molar-refractivity contribution >= 4 is 22.6 Å². The summed E-state index contributed by atoms with van der Waals surface area (Å²) in [6.07, 6.45) is 0.443. The molecule has 4 aromatic rings. The summed E-state index contributed by atoms with van der Waals surface area (Å²) < 4.78 is 8.04. The molecular weight excluding hydrogens is 386 g/mol. The first-order valence-corrected chi connectivity index (χ1v) is 10.8. The predicted molar refractivity (Wildman–Crippen MR) is 123 cm³/mol. The van der Waals surface area contributed by atoms with Gasteiger partial charge in [0.2, 0.25) is 5.91 Å². The van der Waals surface area contributed by atoms with Gasteiger partial charge < -0.3 is 14.2 Å². The van der Waals surface area contributed by atoms with Gasteiger partial charge in [-0.3, -0.25) is 4.79 Å². The van der Waals surface area contributed by atoms with E-state index in [9.17, 15) is 4.79 Å². The second-order valence-electron chi connectivity index (χ2n) is 7.84. The van der Waals surface area contributed by atoms with Crippen molar-refractivity contribution in [2.45, 2.75) is 25.8 Å². The van der Waals surface area contributed by atoms with Gasteiger partial charge >= 0.3 is 0 Å². The molecule has 1 saturated heterocycles. The molecule has 31 heavy (non-hydrogen) atoms. The third kappa shape index (κ3) is 3.67. The number of para-hydroxylation sites is 4. The largest absolute Gasteiger partial charge is 0.492 e. The highest BCUT2D eigenvalue weighted by atomic mass is 16.5. The molecule has 0 aliphatic carbocycles. The summed E-state index contributed by atoms with van der Waals surface area (Å²) in [5.74, 6) is 1.85. The minimum Gasteiger partial charge on any atom is -0.492 e. The second-order valence-corrected chi connectivity index (χ2v) is 7.84. The van der Waals surface area contributed by atoms with E-state index in [4.69, 9.17) is 9.72 Å². The number of rotatable bonds is 6. The maximum absolute atomic E-state index is 13.0. The summed E-state index contributed by atoms with van der Waals surface area (Å²) in [6.45, 7) is 3.85. The SMILES string of the molecule is CCOc1ccccc1N1C[C@@H](c2nc3ccccc3n2Cc2ccccc2)CC1=O. The molecule has 5 heteroatoms. The molecule has 5 nitrogen and oxygen atoms in total. The number of aromatic nitrogens is 2. The molecule has 1 aliphatic rings. The van der Waals surface area contributed by atoms with Gasteiger partial charge in [0, 0.05) is 25.4 Å². The summed E-state index contributed by atoms with van der Waals surface area (Å²) in [7, 11) is 0. The number of benzene rings is 3. The first-order chi connectivity index (χ1) is 15.2. The van der Waals surface area contributed by atoms with E-state index in [0.29, 0.717) is 19.6 Å². The monoisotopic (exact) mass is 411 g/mol. The van der Waals surface area contributed by atoms with Crippen molar-refractivity contribution < 1.29 is 9.53 Å². The third-order valence-corrected chi connectivity index (χ3v) is 5.81. The van der Waals surface area contributed by atoms with Gasteiger partial charge in [0.15, 0.2) is 0 Å². The summed E-state index contributed by atoms with van der Waals surface area (Å²) in [6, 6.07) is 26.4. The molecule has 1 aromatic heterocycles. The molecule has 0 saturated carbocycles. The number of amides is 1. The number of anilines is 1. The normalized spacial score (nSPS) is 16.2. The van der Waals surface area contributed by atoms with Crippen LogP contribution in [0.4, 0.5) is 5.69 Å². The molecule has 0 spiro atoms. The Hall–Kier alpha value is -3.60. The standard InChI is InChI=1S/C26H25N3O2/c1-2-31-24-15-9-8-14-23(24)28-18-20(16-25(28)30)26-27-21-12-6-7-13-22(21)29(26)17-19-10-4-3-5-11-19/h3-15,20H,2,16-18H2,1H3/t20-/m0/s1. The fourth-order valence-electron chi connectivity index (χ4n) is 4.41. The average Bonchev–Trinajstić information content (AvgIpc) is 3.36. The lowest BCUT2D eigenvalue weighted by Gasteiger charge is -2.20. The van der Waals surface area contributed by atoms with Gasteiger partial charge in [0.05, 0.1) is 23.3 Å². The van der Waals surface area contributed by atoms with Crippen LogP contribution in [-0.2, 0) is 11.3 Å². The van der Waals surface area contributed by atoms with Crippen LogP contribution in [0.25, 0.3) is 11.0 Å². The first-order valence-electron chi connectivity index (χ1n) is 10.8. The zero-order valence-corrected chi connectivity index (χ0v) is 17.6. The van der Waals surface area contributed by atoms with E-state index >= 15 is 0 Å². The topological polar surface area (TPSA) is 47.4 Å². The Kier molecular flexibility index (Phi) is 5.16. The quantitative estimate of drug-likeness (QED) is 0.448. The molecular formula is C26H25N3O2.